The Bertz CT molecular complexity index is 1650. The maximum atomic E-state index is 14.0. The molecule has 0 aliphatic carbocycles. The molecule has 13 heteroatoms. The Morgan fingerprint density at radius 2 is 1.71 bits per heavy atom. The molecular formula is C25H15ClF3NO8. The van der Waals surface area contributed by atoms with Gasteiger partial charge in [-0.05, 0) is 35.9 Å². The SMILES string of the molecule is COc1ccc(-c2c(C(F)(F)F)oc3cc(OC(=O)c4ccc([N+](=O)[O-])cc4Cl)ccc3c2=O)cc1OC. The Kier molecular flexibility index (Phi) is 7.01. The van der Waals surface area contributed by atoms with Crippen molar-refractivity contribution in [2.75, 3.05) is 14.2 Å². The zero-order valence-electron chi connectivity index (χ0n) is 19.4. The minimum Gasteiger partial charge on any atom is -0.493 e. The van der Waals surface area contributed by atoms with Crippen LogP contribution in [0, 0.1) is 10.1 Å². The van der Waals surface area contributed by atoms with Crippen LogP contribution in [0.1, 0.15) is 16.1 Å². The standard InChI is InChI=1S/C25H15ClF3NO8/c1-35-18-8-3-12(9-20(18)36-2)21-22(31)16-7-5-14(11-19(16)38-23(21)25(27,28)29)37-24(32)15-6-4-13(30(33)34)10-17(15)26/h3-11H,1-2H3. The number of esters is 1. The summed E-state index contributed by atoms with van der Waals surface area (Å²) < 4.78 is 62.5. The number of carbonyl (C=O) groups excluding carboxylic acids is 1. The van der Waals surface area contributed by atoms with Crippen molar-refractivity contribution in [3.05, 3.63) is 91.3 Å². The third kappa shape index (κ3) is 4.98. The molecule has 38 heavy (non-hydrogen) atoms. The second kappa shape index (κ2) is 10.1. The fourth-order valence-electron chi connectivity index (χ4n) is 3.64. The first kappa shape index (κ1) is 26.5. The smallest absolute Gasteiger partial charge is 0.450 e. The summed E-state index contributed by atoms with van der Waals surface area (Å²) in [6, 6.07) is 10.2. The summed E-state index contributed by atoms with van der Waals surface area (Å²) in [6.45, 7) is 0. The van der Waals surface area contributed by atoms with Crippen molar-refractivity contribution < 1.29 is 41.5 Å². The number of nitro benzene ring substituents is 1. The molecule has 0 atom stereocenters. The summed E-state index contributed by atoms with van der Waals surface area (Å²) in [5, 5.41) is 10.4. The Labute approximate surface area is 216 Å². The van der Waals surface area contributed by atoms with E-state index in [0.717, 1.165) is 30.3 Å². The van der Waals surface area contributed by atoms with E-state index in [2.05, 4.69) is 0 Å². The number of hydrogen-bond acceptors (Lipinski definition) is 8. The first-order valence-electron chi connectivity index (χ1n) is 10.5. The van der Waals surface area contributed by atoms with Gasteiger partial charge in [0, 0.05) is 18.2 Å². The van der Waals surface area contributed by atoms with E-state index in [9.17, 15) is 32.9 Å². The Hall–Kier alpha value is -4.58. The van der Waals surface area contributed by atoms with Crippen LogP contribution >= 0.6 is 11.6 Å². The maximum Gasteiger partial charge on any atom is 0.450 e. The minimum absolute atomic E-state index is 0.102. The highest BCUT2D eigenvalue weighted by Gasteiger charge is 2.39. The zero-order valence-corrected chi connectivity index (χ0v) is 20.2. The van der Waals surface area contributed by atoms with Gasteiger partial charge in [0.2, 0.25) is 11.2 Å². The number of halogens is 4. The van der Waals surface area contributed by atoms with Gasteiger partial charge in [-0.3, -0.25) is 14.9 Å². The minimum atomic E-state index is -5.06. The van der Waals surface area contributed by atoms with Gasteiger partial charge in [0.1, 0.15) is 11.3 Å². The fourth-order valence-corrected chi connectivity index (χ4v) is 3.89. The van der Waals surface area contributed by atoms with Crippen LogP contribution in [0.25, 0.3) is 22.1 Å². The molecule has 0 aliphatic rings. The van der Waals surface area contributed by atoms with Gasteiger partial charge < -0.3 is 18.6 Å². The van der Waals surface area contributed by atoms with Crippen LogP contribution in [-0.2, 0) is 6.18 Å². The number of hydrogen-bond donors (Lipinski definition) is 0. The number of carbonyl (C=O) groups is 1. The number of fused-ring (bicyclic) bond motifs is 1. The highest BCUT2D eigenvalue weighted by molar-refractivity contribution is 6.33. The van der Waals surface area contributed by atoms with Crippen LogP contribution in [0.5, 0.6) is 17.2 Å². The first-order valence-corrected chi connectivity index (χ1v) is 10.9. The highest BCUT2D eigenvalue weighted by Crippen LogP contribution is 2.40. The maximum absolute atomic E-state index is 14.0. The summed E-state index contributed by atoms with van der Waals surface area (Å²) in [5.74, 6) is -2.51. The van der Waals surface area contributed by atoms with E-state index in [4.69, 9.17) is 30.2 Å². The number of methoxy groups -OCH3 is 2. The van der Waals surface area contributed by atoms with Crippen molar-refractivity contribution in [1.29, 1.82) is 0 Å². The molecule has 0 saturated carbocycles. The molecule has 0 saturated heterocycles. The first-order chi connectivity index (χ1) is 17.9. The summed E-state index contributed by atoms with van der Waals surface area (Å²) in [7, 11) is 2.64. The van der Waals surface area contributed by atoms with Gasteiger partial charge in [0.15, 0.2) is 11.5 Å². The average Bonchev–Trinajstić information content (AvgIpc) is 2.87. The van der Waals surface area contributed by atoms with Crippen molar-refractivity contribution >= 4 is 34.2 Å². The molecule has 196 valence electrons. The van der Waals surface area contributed by atoms with Crippen molar-refractivity contribution in [3.8, 4) is 28.4 Å². The van der Waals surface area contributed by atoms with Crippen LogP contribution in [0.2, 0.25) is 5.02 Å². The second-order valence-corrected chi connectivity index (χ2v) is 8.08. The van der Waals surface area contributed by atoms with Gasteiger partial charge in [0.25, 0.3) is 5.69 Å². The van der Waals surface area contributed by atoms with E-state index in [1.165, 1.54) is 38.5 Å². The number of benzene rings is 3. The third-order valence-electron chi connectivity index (χ3n) is 5.39. The van der Waals surface area contributed by atoms with E-state index >= 15 is 0 Å². The fraction of sp³-hybridized carbons (Fsp3) is 0.120. The van der Waals surface area contributed by atoms with E-state index in [1.807, 2.05) is 0 Å². The summed E-state index contributed by atoms with van der Waals surface area (Å²) in [5.41, 5.74) is -2.92. The zero-order chi connectivity index (χ0) is 27.8. The molecule has 0 unspecified atom stereocenters. The lowest BCUT2D eigenvalue weighted by Gasteiger charge is -2.15. The van der Waals surface area contributed by atoms with E-state index < -0.39 is 39.4 Å². The van der Waals surface area contributed by atoms with Crippen molar-refractivity contribution in [1.82, 2.24) is 0 Å². The van der Waals surface area contributed by atoms with Crippen LogP contribution in [0.3, 0.4) is 0 Å². The molecule has 0 spiro atoms. The molecule has 9 nitrogen and oxygen atoms in total. The Balaban J connectivity index is 1.79. The Morgan fingerprint density at radius 3 is 2.32 bits per heavy atom. The van der Waals surface area contributed by atoms with Gasteiger partial charge in [0.05, 0.1) is 40.7 Å². The number of nitro groups is 1. The van der Waals surface area contributed by atoms with E-state index in [-0.39, 0.29) is 44.5 Å². The number of nitrogens with zero attached hydrogens (tertiary/aromatic N) is 1. The summed E-state index contributed by atoms with van der Waals surface area (Å²) in [6.07, 6.45) is -5.06. The number of rotatable bonds is 6. The molecule has 3 aromatic carbocycles. The largest absolute Gasteiger partial charge is 0.493 e. The van der Waals surface area contributed by atoms with Crippen molar-refractivity contribution in [2.45, 2.75) is 6.18 Å². The predicted octanol–water partition coefficient (Wildman–Crippen LogP) is 6.28. The number of non-ortho nitro benzene ring substituents is 1. The van der Waals surface area contributed by atoms with Crippen molar-refractivity contribution in [2.24, 2.45) is 0 Å². The van der Waals surface area contributed by atoms with Crippen LogP contribution in [0.15, 0.2) is 63.8 Å². The van der Waals surface area contributed by atoms with E-state index in [0.29, 0.717) is 0 Å². The van der Waals surface area contributed by atoms with Gasteiger partial charge in [-0.25, -0.2) is 4.79 Å². The molecule has 0 radical (unpaired) electrons. The summed E-state index contributed by atoms with van der Waals surface area (Å²) >= 11 is 5.93. The lowest BCUT2D eigenvalue weighted by atomic mass is 10.0. The summed E-state index contributed by atoms with van der Waals surface area (Å²) in [4.78, 5) is 35.9. The van der Waals surface area contributed by atoms with Gasteiger partial charge in [-0.2, -0.15) is 13.2 Å². The third-order valence-corrected chi connectivity index (χ3v) is 5.70. The molecule has 4 aromatic rings. The lowest BCUT2D eigenvalue weighted by molar-refractivity contribution is -0.384. The highest BCUT2D eigenvalue weighted by atomic mass is 35.5. The monoisotopic (exact) mass is 549 g/mol. The van der Waals surface area contributed by atoms with E-state index in [1.54, 1.807) is 0 Å². The van der Waals surface area contributed by atoms with Crippen LogP contribution in [-0.4, -0.2) is 25.1 Å². The van der Waals surface area contributed by atoms with Gasteiger partial charge in [-0.15, -0.1) is 0 Å². The quantitative estimate of drug-likeness (QED) is 0.119. The van der Waals surface area contributed by atoms with Crippen molar-refractivity contribution in [3.63, 3.8) is 0 Å². The van der Waals surface area contributed by atoms with Crippen LogP contribution in [0.4, 0.5) is 18.9 Å². The lowest BCUT2D eigenvalue weighted by Crippen LogP contribution is -2.16. The molecule has 0 aliphatic heterocycles. The average molecular weight is 550 g/mol. The van der Waals surface area contributed by atoms with Crippen LogP contribution < -0.4 is 19.6 Å². The molecule has 0 N–H and O–H groups in total. The normalized spacial score (nSPS) is 11.3. The molecule has 0 fully saturated rings. The number of ether oxygens (including phenoxy) is 3. The predicted molar refractivity (Wildman–Crippen MR) is 129 cm³/mol. The van der Waals surface area contributed by atoms with Gasteiger partial charge >= 0.3 is 12.1 Å². The molecule has 0 bridgehead atoms. The molecule has 1 heterocycles. The second-order valence-electron chi connectivity index (χ2n) is 7.67. The number of alkyl halides is 3. The molecule has 0 amide bonds. The molecular weight excluding hydrogens is 535 g/mol. The Morgan fingerprint density at radius 1 is 1.00 bits per heavy atom. The van der Waals surface area contributed by atoms with Gasteiger partial charge in [-0.1, -0.05) is 17.7 Å². The topological polar surface area (TPSA) is 118 Å². The molecule has 1 aromatic heterocycles. The molecule has 4 rings (SSSR count).